The summed E-state index contributed by atoms with van der Waals surface area (Å²) in [5.74, 6) is 1.31. The third kappa shape index (κ3) is 4.30. The van der Waals surface area contributed by atoms with Crippen LogP contribution in [0.2, 0.25) is 0 Å². The molecule has 0 saturated carbocycles. The summed E-state index contributed by atoms with van der Waals surface area (Å²) >= 11 is 0. The maximum absolute atomic E-state index is 5.70. The van der Waals surface area contributed by atoms with Crippen LogP contribution in [0.5, 0.6) is 0 Å². The first-order valence-electron chi connectivity index (χ1n) is 5.60. The summed E-state index contributed by atoms with van der Waals surface area (Å²) in [4.78, 5) is 4.13. The molecule has 0 aliphatic carbocycles. The first kappa shape index (κ1) is 13.3. The molecule has 0 amide bonds. The van der Waals surface area contributed by atoms with E-state index < -0.39 is 0 Å². The Morgan fingerprint density at radius 1 is 1.53 bits per heavy atom. The number of hydrogen-bond donors (Lipinski definition) is 2. The van der Waals surface area contributed by atoms with Gasteiger partial charge in [0.1, 0.15) is 5.76 Å². The number of rotatable bonds is 5. The molecule has 17 heavy (non-hydrogen) atoms. The Kier molecular flexibility index (Phi) is 4.75. The Labute approximate surface area is 102 Å². The zero-order chi connectivity index (χ0) is 12.8. The summed E-state index contributed by atoms with van der Waals surface area (Å²) < 4.78 is 5.08. The largest absolute Gasteiger partial charge is 0.370 e. The Morgan fingerprint density at radius 2 is 2.24 bits per heavy atom. The number of nitrogens with one attached hydrogen (secondary N) is 1. The van der Waals surface area contributed by atoms with E-state index in [9.17, 15) is 0 Å². The zero-order valence-corrected chi connectivity index (χ0v) is 10.7. The number of hydrogen-bond acceptors (Lipinski definition) is 3. The van der Waals surface area contributed by atoms with Crippen molar-refractivity contribution in [1.82, 2.24) is 10.5 Å². The smallest absolute Gasteiger partial charge is 0.188 e. The summed E-state index contributed by atoms with van der Waals surface area (Å²) in [6, 6.07) is 0. The molecular formula is C12H20N4O. The highest BCUT2D eigenvalue weighted by atomic mass is 16.5. The number of guanidine groups is 1. The second kappa shape index (κ2) is 6.08. The van der Waals surface area contributed by atoms with Gasteiger partial charge >= 0.3 is 0 Å². The van der Waals surface area contributed by atoms with E-state index in [1.807, 2.05) is 20.8 Å². The molecule has 0 aliphatic heterocycles. The maximum Gasteiger partial charge on any atom is 0.188 e. The molecule has 1 aromatic rings. The van der Waals surface area contributed by atoms with Gasteiger partial charge < -0.3 is 15.6 Å². The van der Waals surface area contributed by atoms with E-state index in [1.165, 1.54) is 0 Å². The maximum atomic E-state index is 5.70. The molecule has 5 nitrogen and oxygen atoms in total. The third-order valence-corrected chi connectivity index (χ3v) is 2.38. The normalized spacial score (nSPS) is 11.6. The Bertz CT molecular complexity index is 401. The van der Waals surface area contributed by atoms with Gasteiger partial charge in [-0.1, -0.05) is 17.3 Å². The molecule has 1 heterocycles. The zero-order valence-electron chi connectivity index (χ0n) is 10.7. The van der Waals surface area contributed by atoms with Crippen molar-refractivity contribution in [3.63, 3.8) is 0 Å². The summed E-state index contributed by atoms with van der Waals surface area (Å²) in [5, 5.41) is 6.95. The second-order valence-electron chi connectivity index (χ2n) is 4.14. The summed E-state index contributed by atoms with van der Waals surface area (Å²) in [6.45, 7) is 10.8. The lowest BCUT2D eigenvalue weighted by Gasteiger charge is -2.05. The Hall–Kier alpha value is -1.78. The molecular weight excluding hydrogens is 216 g/mol. The van der Waals surface area contributed by atoms with Crippen molar-refractivity contribution in [3.8, 4) is 0 Å². The molecule has 0 aliphatic rings. The summed E-state index contributed by atoms with van der Waals surface area (Å²) in [7, 11) is 0. The van der Waals surface area contributed by atoms with E-state index in [4.69, 9.17) is 10.3 Å². The van der Waals surface area contributed by atoms with Crippen LogP contribution in [0.3, 0.4) is 0 Å². The standard InChI is InChI=1S/C12H20N4O/c1-8(2)7-15-12(13)14-6-5-11-9(3)16-17-10(11)4/h1,5-7H2,2-4H3,(H3,13,14,15). The van der Waals surface area contributed by atoms with Gasteiger partial charge in [-0.15, -0.1) is 0 Å². The molecule has 0 unspecified atom stereocenters. The SMILES string of the molecule is C=C(C)CN=C(N)NCCc1c(C)noc1C. The predicted octanol–water partition coefficient (Wildman–Crippen LogP) is 1.31. The second-order valence-corrected chi connectivity index (χ2v) is 4.14. The topological polar surface area (TPSA) is 76.4 Å². The number of nitrogens with two attached hydrogens (primary N) is 1. The van der Waals surface area contributed by atoms with E-state index in [0.717, 1.165) is 29.0 Å². The molecule has 0 atom stereocenters. The molecule has 0 saturated heterocycles. The van der Waals surface area contributed by atoms with Crippen molar-refractivity contribution in [3.05, 3.63) is 29.2 Å². The fourth-order valence-corrected chi connectivity index (χ4v) is 1.45. The fraction of sp³-hybridized carbons (Fsp3) is 0.500. The van der Waals surface area contributed by atoms with E-state index in [-0.39, 0.29) is 0 Å². The molecule has 1 aromatic heterocycles. The molecule has 0 fully saturated rings. The number of aromatic nitrogens is 1. The van der Waals surface area contributed by atoms with Crippen molar-refractivity contribution >= 4 is 5.96 Å². The van der Waals surface area contributed by atoms with Gasteiger partial charge in [0.15, 0.2) is 5.96 Å². The number of aliphatic imine (C=N–C) groups is 1. The van der Waals surface area contributed by atoms with Gasteiger partial charge in [0, 0.05) is 12.1 Å². The van der Waals surface area contributed by atoms with Gasteiger partial charge in [-0.05, 0) is 27.2 Å². The average Bonchev–Trinajstić information content (AvgIpc) is 2.57. The van der Waals surface area contributed by atoms with E-state index in [1.54, 1.807) is 0 Å². The quantitative estimate of drug-likeness (QED) is 0.459. The highest BCUT2D eigenvalue weighted by molar-refractivity contribution is 5.77. The van der Waals surface area contributed by atoms with Crippen LogP contribution in [0.15, 0.2) is 21.7 Å². The van der Waals surface area contributed by atoms with Gasteiger partial charge in [-0.3, -0.25) is 0 Å². The van der Waals surface area contributed by atoms with E-state index in [2.05, 4.69) is 22.0 Å². The Morgan fingerprint density at radius 3 is 2.76 bits per heavy atom. The van der Waals surface area contributed by atoms with Crippen LogP contribution in [0, 0.1) is 13.8 Å². The summed E-state index contributed by atoms with van der Waals surface area (Å²) in [6.07, 6.45) is 0.824. The van der Waals surface area contributed by atoms with Crippen molar-refractivity contribution < 1.29 is 4.52 Å². The van der Waals surface area contributed by atoms with Crippen LogP contribution in [0.25, 0.3) is 0 Å². The molecule has 1 rings (SSSR count). The molecule has 0 radical (unpaired) electrons. The van der Waals surface area contributed by atoms with Gasteiger partial charge in [0.2, 0.25) is 0 Å². The van der Waals surface area contributed by atoms with Crippen LogP contribution in [0.4, 0.5) is 0 Å². The van der Waals surface area contributed by atoms with Crippen molar-refractivity contribution in [2.75, 3.05) is 13.1 Å². The van der Waals surface area contributed by atoms with Gasteiger partial charge in [-0.25, -0.2) is 4.99 Å². The minimum Gasteiger partial charge on any atom is -0.370 e. The highest BCUT2D eigenvalue weighted by Crippen LogP contribution is 2.11. The van der Waals surface area contributed by atoms with Gasteiger partial charge in [-0.2, -0.15) is 0 Å². The number of nitrogens with zero attached hydrogens (tertiary/aromatic N) is 2. The summed E-state index contributed by atoms with van der Waals surface area (Å²) in [5.41, 5.74) is 8.74. The van der Waals surface area contributed by atoms with E-state index >= 15 is 0 Å². The predicted molar refractivity (Wildman–Crippen MR) is 69.0 cm³/mol. The lowest BCUT2D eigenvalue weighted by molar-refractivity contribution is 0.392. The van der Waals surface area contributed by atoms with Crippen molar-refractivity contribution in [2.45, 2.75) is 27.2 Å². The van der Waals surface area contributed by atoms with Crippen molar-refractivity contribution in [1.29, 1.82) is 0 Å². The van der Waals surface area contributed by atoms with Crippen LogP contribution >= 0.6 is 0 Å². The fourth-order valence-electron chi connectivity index (χ4n) is 1.45. The lowest BCUT2D eigenvalue weighted by Crippen LogP contribution is -2.33. The average molecular weight is 236 g/mol. The molecule has 0 aromatic carbocycles. The van der Waals surface area contributed by atoms with Crippen LogP contribution < -0.4 is 11.1 Å². The first-order valence-corrected chi connectivity index (χ1v) is 5.60. The van der Waals surface area contributed by atoms with Gasteiger partial charge in [0.25, 0.3) is 0 Å². The van der Waals surface area contributed by atoms with Crippen LogP contribution in [0.1, 0.15) is 23.9 Å². The molecule has 94 valence electrons. The monoisotopic (exact) mass is 236 g/mol. The van der Waals surface area contributed by atoms with Crippen LogP contribution in [-0.2, 0) is 6.42 Å². The third-order valence-electron chi connectivity index (χ3n) is 2.38. The van der Waals surface area contributed by atoms with Crippen molar-refractivity contribution in [2.24, 2.45) is 10.7 Å². The molecule has 0 spiro atoms. The van der Waals surface area contributed by atoms with E-state index in [0.29, 0.717) is 19.0 Å². The van der Waals surface area contributed by atoms with Crippen LogP contribution in [-0.4, -0.2) is 24.2 Å². The molecule has 5 heteroatoms. The number of aryl methyl sites for hydroxylation is 2. The minimum atomic E-state index is 0.444. The molecule has 0 bridgehead atoms. The minimum absolute atomic E-state index is 0.444. The van der Waals surface area contributed by atoms with Gasteiger partial charge in [0.05, 0.1) is 12.2 Å². The Balaban J connectivity index is 2.38. The first-order chi connectivity index (χ1) is 8.00. The lowest BCUT2D eigenvalue weighted by atomic mass is 10.1. The highest BCUT2D eigenvalue weighted by Gasteiger charge is 2.07. The molecule has 3 N–H and O–H groups in total.